The predicted molar refractivity (Wildman–Crippen MR) is 125 cm³/mol. The van der Waals surface area contributed by atoms with Crippen LogP contribution in [0.1, 0.15) is 76.1 Å². The number of rotatable bonds is 3. The highest BCUT2D eigenvalue weighted by Gasteiger charge is 2.29. The number of nitrogens with zero attached hydrogens (tertiary/aromatic N) is 4. The Labute approximate surface area is 184 Å². The van der Waals surface area contributed by atoms with Crippen molar-refractivity contribution in [2.24, 2.45) is 0 Å². The predicted octanol–water partition coefficient (Wildman–Crippen LogP) is 4.71. The molecule has 3 heterocycles. The lowest BCUT2D eigenvalue weighted by molar-refractivity contribution is 0.185. The van der Waals surface area contributed by atoms with Gasteiger partial charge in [0.25, 0.3) is 0 Å². The van der Waals surface area contributed by atoms with Gasteiger partial charge in [0.1, 0.15) is 16.5 Å². The number of nitrogens with one attached hydrogen (secondary N) is 1. The molecule has 1 aliphatic carbocycles. The molecule has 4 rings (SSSR count). The van der Waals surface area contributed by atoms with Crippen LogP contribution in [0, 0.1) is 0 Å². The average molecular weight is 430 g/mol. The molecule has 0 radical (unpaired) electrons. The summed E-state index contributed by atoms with van der Waals surface area (Å²) in [6.07, 6.45) is 5.89. The number of carbonyl (C=O) groups excluding carboxylic acids is 1. The first-order valence-electron chi connectivity index (χ1n) is 11.4. The smallest absolute Gasteiger partial charge is 0.317 e. The number of anilines is 1. The molecule has 0 saturated carbocycles. The van der Waals surface area contributed by atoms with Gasteiger partial charge in [-0.05, 0) is 58.4 Å². The van der Waals surface area contributed by atoms with E-state index in [2.05, 4.69) is 24.1 Å². The van der Waals surface area contributed by atoms with Crippen molar-refractivity contribution in [2.75, 3.05) is 31.1 Å². The molecule has 1 unspecified atom stereocenters. The Kier molecular flexibility index (Phi) is 5.93. The Morgan fingerprint density at radius 3 is 2.50 bits per heavy atom. The largest absolute Gasteiger partial charge is 0.352 e. The van der Waals surface area contributed by atoms with Crippen LogP contribution >= 0.6 is 11.3 Å². The summed E-state index contributed by atoms with van der Waals surface area (Å²) in [6.45, 7) is 13.6. The maximum Gasteiger partial charge on any atom is 0.317 e. The third-order valence-electron chi connectivity index (χ3n) is 6.21. The Morgan fingerprint density at radius 2 is 1.83 bits per heavy atom. The summed E-state index contributed by atoms with van der Waals surface area (Å²) in [7, 11) is 0. The minimum atomic E-state index is -0.214. The summed E-state index contributed by atoms with van der Waals surface area (Å²) >= 11 is 1.88. The molecule has 1 fully saturated rings. The van der Waals surface area contributed by atoms with E-state index in [-0.39, 0.29) is 11.6 Å². The first kappa shape index (κ1) is 21.3. The van der Waals surface area contributed by atoms with Crippen molar-refractivity contribution in [3.8, 4) is 0 Å². The van der Waals surface area contributed by atoms with Crippen molar-refractivity contribution in [2.45, 2.75) is 78.2 Å². The fraction of sp³-hybridized carbons (Fsp3) is 0.696. The Balaban J connectivity index is 1.63. The SMILES string of the molecule is CCC(C)c1nc(N2CCN(C(=O)NC(C)(C)C)CC2)c2c3c(sc2n1)CCCC3. The molecule has 0 spiro atoms. The highest BCUT2D eigenvalue weighted by molar-refractivity contribution is 7.19. The maximum absolute atomic E-state index is 12.6. The van der Waals surface area contributed by atoms with Crippen LogP contribution < -0.4 is 10.2 Å². The zero-order valence-electron chi connectivity index (χ0n) is 19.0. The van der Waals surface area contributed by atoms with Crippen LogP contribution in [-0.4, -0.2) is 52.6 Å². The van der Waals surface area contributed by atoms with E-state index < -0.39 is 0 Å². The molecule has 2 aliphatic rings. The van der Waals surface area contributed by atoms with Crippen molar-refractivity contribution in [3.05, 3.63) is 16.3 Å². The zero-order valence-corrected chi connectivity index (χ0v) is 19.9. The van der Waals surface area contributed by atoms with E-state index in [1.54, 1.807) is 0 Å². The fourth-order valence-corrected chi connectivity index (χ4v) is 5.57. The van der Waals surface area contributed by atoms with E-state index in [1.165, 1.54) is 35.1 Å². The lowest BCUT2D eigenvalue weighted by atomic mass is 9.96. The van der Waals surface area contributed by atoms with Gasteiger partial charge in [0, 0.05) is 42.5 Å². The number of aromatic nitrogens is 2. The van der Waals surface area contributed by atoms with Gasteiger partial charge in [0.2, 0.25) is 0 Å². The monoisotopic (exact) mass is 429 g/mol. The normalized spacial score (nSPS) is 18.4. The van der Waals surface area contributed by atoms with Crippen molar-refractivity contribution in [1.82, 2.24) is 20.2 Å². The molecule has 2 aromatic rings. The molecular formula is C23H35N5OS. The van der Waals surface area contributed by atoms with Gasteiger partial charge in [0.05, 0.1) is 5.39 Å². The number of hydrogen-bond acceptors (Lipinski definition) is 5. The van der Waals surface area contributed by atoms with E-state index in [4.69, 9.17) is 9.97 Å². The van der Waals surface area contributed by atoms with Gasteiger partial charge in [-0.2, -0.15) is 0 Å². The lowest BCUT2D eigenvalue weighted by Crippen LogP contribution is -2.55. The molecule has 0 bridgehead atoms. The summed E-state index contributed by atoms with van der Waals surface area (Å²) in [5, 5.41) is 4.37. The van der Waals surface area contributed by atoms with Gasteiger partial charge in [-0.15, -0.1) is 11.3 Å². The van der Waals surface area contributed by atoms with Crippen LogP contribution in [0.25, 0.3) is 10.2 Å². The summed E-state index contributed by atoms with van der Waals surface area (Å²) in [5.74, 6) is 2.42. The van der Waals surface area contributed by atoms with Gasteiger partial charge >= 0.3 is 6.03 Å². The number of fused-ring (bicyclic) bond motifs is 3. The summed E-state index contributed by atoms with van der Waals surface area (Å²) in [4.78, 5) is 29.7. The second kappa shape index (κ2) is 8.33. The number of urea groups is 1. The van der Waals surface area contributed by atoms with Crippen LogP contribution in [0.2, 0.25) is 0 Å². The number of aryl methyl sites for hydroxylation is 2. The molecule has 1 aliphatic heterocycles. The minimum Gasteiger partial charge on any atom is -0.352 e. The third kappa shape index (κ3) is 4.27. The third-order valence-corrected chi connectivity index (χ3v) is 7.40. The van der Waals surface area contributed by atoms with Crippen molar-refractivity contribution in [3.63, 3.8) is 0 Å². The standard InChI is InChI=1S/C23H35N5OS/c1-6-15(2)19-24-20(18-16-9-7-8-10-17(16)30-21(18)25-19)27-11-13-28(14-12-27)22(29)26-23(3,4)5/h15H,6-14H2,1-5H3,(H,26,29). The molecule has 7 heteroatoms. The molecule has 1 saturated heterocycles. The second-order valence-electron chi connectivity index (χ2n) is 9.76. The highest BCUT2D eigenvalue weighted by Crippen LogP contribution is 2.40. The van der Waals surface area contributed by atoms with Crippen LogP contribution in [-0.2, 0) is 12.8 Å². The average Bonchev–Trinajstić information content (AvgIpc) is 3.10. The molecule has 0 aromatic carbocycles. The quantitative estimate of drug-likeness (QED) is 0.767. The Hall–Kier alpha value is -1.89. The van der Waals surface area contributed by atoms with E-state index >= 15 is 0 Å². The summed E-state index contributed by atoms with van der Waals surface area (Å²) in [5.41, 5.74) is 1.27. The molecule has 164 valence electrons. The highest BCUT2D eigenvalue weighted by atomic mass is 32.1. The van der Waals surface area contributed by atoms with Crippen LogP contribution in [0.5, 0.6) is 0 Å². The summed E-state index contributed by atoms with van der Waals surface area (Å²) < 4.78 is 0. The maximum atomic E-state index is 12.6. The van der Waals surface area contributed by atoms with E-state index in [0.717, 1.165) is 55.5 Å². The lowest BCUT2D eigenvalue weighted by Gasteiger charge is -2.37. The first-order valence-corrected chi connectivity index (χ1v) is 12.2. The second-order valence-corrected chi connectivity index (χ2v) is 10.8. The van der Waals surface area contributed by atoms with Crippen molar-refractivity contribution in [1.29, 1.82) is 0 Å². The number of amides is 2. The molecule has 2 amide bonds. The molecule has 6 nitrogen and oxygen atoms in total. The number of carbonyl (C=O) groups is 1. The molecule has 30 heavy (non-hydrogen) atoms. The Morgan fingerprint density at radius 1 is 1.13 bits per heavy atom. The fourth-order valence-electron chi connectivity index (χ4n) is 4.31. The number of piperazine rings is 1. The first-order chi connectivity index (χ1) is 14.3. The topological polar surface area (TPSA) is 61.4 Å². The van der Waals surface area contributed by atoms with Gasteiger partial charge in [-0.3, -0.25) is 0 Å². The number of thiophene rings is 1. The van der Waals surface area contributed by atoms with Gasteiger partial charge in [-0.25, -0.2) is 14.8 Å². The van der Waals surface area contributed by atoms with Crippen molar-refractivity contribution < 1.29 is 4.79 Å². The summed E-state index contributed by atoms with van der Waals surface area (Å²) in [6, 6.07) is 0.0307. The molecular weight excluding hydrogens is 394 g/mol. The molecule has 1 N–H and O–H groups in total. The van der Waals surface area contributed by atoms with Crippen LogP contribution in [0.3, 0.4) is 0 Å². The number of hydrogen-bond donors (Lipinski definition) is 1. The molecule has 1 atom stereocenters. The van der Waals surface area contributed by atoms with Gasteiger partial charge in [-0.1, -0.05) is 13.8 Å². The van der Waals surface area contributed by atoms with E-state index in [0.29, 0.717) is 5.92 Å². The zero-order chi connectivity index (χ0) is 21.5. The Bertz CT molecular complexity index is 924. The van der Waals surface area contributed by atoms with Crippen molar-refractivity contribution >= 4 is 33.4 Å². The minimum absolute atomic E-state index is 0.0307. The van der Waals surface area contributed by atoms with Crippen LogP contribution in [0.15, 0.2) is 0 Å². The van der Waals surface area contributed by atoms with Crippen LogP contribution in [0.4, 0.5) is 10.6 Å². The van der Waals surface area contributed by atoms with Gasteiger partial charge in [0.15, 0.2) is 0 Å². The van der Waals surface area contributed by atoms with Gasteiger partial charge < -0.3 is 15.1 Å². The van der Waals surface area contributed by atoms with E-state index in [9.17, 15) is 4.79 Å². The molecule has 2 aromatic heterocycles. The van der Waals surface area contributed by atoms with E-state index in [1.807, 2.05) is 37.0 Å².